The summed E-state index contributed by atoms with van der Waals surface area (Å²) < 4.78 is 0. The van der Waals surface area contributed by atoms with E-state index in [2.05, 4.69) is 36.0 Å². The molecule has 0 spiro atoms. The molecule has 1 heterocycles. The molecule has 0 atom stereocenters. The third-order valence-corrected chi connectivity index (χ3v) is 2.79. The molecular formula is C13H23N3. The fourth-order valence-corrected chi connectivity index (χ4v) is 1.74. The third kappa shape index (κ3) is 4.73. The number of likely N-dealkylation sites (N-methyl/N-ethyl adjacent to an activating group) is 1. The van der Waals surface area contributed by atoms with Gasteiger partial charge in [0.25, 0.3) is 0 Å². The van der Waals surface area contributed by atoms with E-state index in [4.69, 9.17) is 0 Å². The van der Waals surface area contributed by atoms with Crippen LogP contribution in [0.5, 0.6) is 0 Å². The molecule has 3 heteroatoms. The Morgan fingerprint density at radius 3 is 2.56 bits per heavy atom. The lowest BCUT2D eigenvalue weighted by molar-refractivity contribution is 0.233. The van der Waals surface area contributed by atoms with Crippen molar-refractivity contribution in [1.29, 1.82) is 0 Å². The van der Waals surface area contributed by atoms with Gasteiger partial charge in [-0.2, -0.15) is 0 Å². The molecule has 0 bridgehead atoms. The molecule has 1 aromatic heterocycles. The first-order valence-electron chi connectivity index (χ1n) is 6.07. The molecule has 1 N–H and O–H groups in total. The Kier molecular flexibility index (Phi) is 6.04. The second-order valence-corrected chi connectivity index (χ2v) is 4.25. The number of nitrogens with zero attached hydrogens (tertiary/aromatic N) is 2. The van der Waals surface area contributed by atoms with Crippen LogP contribution in [0, 0.1) is 0 Å². The minimum absolute atomic E-state index is 0.632. The van der Waals surface area contributed by atoms with Gasteiger partial charge in [0.1, 0.15) is 0 Å². The normalized spacial score (nSPS) is 11.3. The molecule has 0 aromatic carbocycles. The Hall–Kier alpha value is -0.930. The highest BCUT2D eigenvalue weighted by atomic mass is 15.2. The summed E-state index contributed by atoms with van der Waals surface area (Å²) in [6, 6.07) is 4.73. The van der Waals surface area contributed by atoms with Gasteiger partial charge in [-0.15, -0.1) is 0 Å². The number of hydrogen-bond acceptors (Lipinski definition) is 3. The van der Waals surface area contributed by atoms with Crippen LogP contribution in [0.4, 0.5) is 0 Å². The highest BCUT2D eigenvalue weighted by Crippen LogP contribution is 1.97. The molecule has 0 amide bonds. The summed E-state index contributed by atoms with van der Waals surface area (Å²) in [5.74, 6) is 0. The molecule has 16 heavy (non-hydrogen) atoms. The van der Waals surface area contributed by atoms with Crippen molar-refractivity contribution in [3.63, 3.8) is 0 Å². The van der Waals surface area contributed by atoms with Gasteiger partial charge in [0.2, 0.25) is 0 Å². The zero-order valence-corrected chi connectivity index (χ0v) is 10.6. The van der Waals surface area contributed by atoms with Crippen molar-refractivity contribution in [2.75, 3.05) is 19.6 Å². The monoisotopic (exact) mass is 221 g/mol. The SMILES string of the molecule is CCN(CCNCc1ccncc1)C(C)C. The van der Waals surface area contributed by atoms with Gasteiger partial charge in [-0.25, -0.2) is 0 Å². The van der Waals surface area contributed by atoms with Crippen molar-refractivity contribution >= 4 is 0 Å². The number of aromatic nitrogens is 1. The van der Waals surface area contributed by atoms with Gasteiger partial charge in [0.15, 0.2) is 0 Å². The summed E-state index contributed by atoms with van der Waals surface area (Å²) in [5, 5.41) is 3.45. The van der Waals surface area contributed by atoms with E-state index in [9.17, 15) is 0 Å². The Morgan fingerprint density at radius 1 is 1.31 bits per heavy atom. The first-order chi connectivity index (χ1) is 7.74. The van der Waals surface area contributed by atoms with Crippen LogP contribution in [-0.2, 0) is 6.54 Å². The van der Waals surface area contributed by atoms with E-state index >= 15 is 0 Å². The second kappa shape index (κ2) is 7.36. The zero-order valence-electron chi connectivity index (χ0n) is 10.6. The van der Waals surface area contributed by atoms with E-state index in [1.165, 1.54) is 5.56 Å². The molecule has 90 valence electrons. The van der Waals surface area contributed by atoms with Crippen molar-refractivity contribution in [3.05, 3.63) is 30.1 Å². The van der Waals surface area contributed by atoms with Crippen molar-refractivity contribution in [2.24, 2.45) is 0 Å². The molecular weight excluding hydrogens is 198 g/mol. The largest absolute Gasteiger partial charge is 0.311 e. The molecule has 0 fully saturated rings. The lowest BCUT2D eigenvalue weighted by Crippen LogP contribution is -2.36. The lowest BCUT2D eigenvalue weighted by atomic mass is 10.2. The average Bonchev–Trinajstić information content (AvgIpc) is 2.30. The van der Waals surface area contributed by atoms with Crippen LogP contribution >= 0.6 is 0 Å². The smallest absolute Gasteiger partial charge is 0.0271 e. The first kappa shape index (κ1) is 13.1. The minimum Gasteiger partial charge on any atom is -0.311 e. The molecule has 0 aliphatic heterocycles. The Balaban J connectivity index is 2.16. The van der Waals surface area contributed by atoms with Gasteiger partial charge >= 0.3 is 0 Å². The van der Waals surface area contributed by atoms with Crippen molar-refractivity contribution in [3.8, 4) is 0 Å². The lowest BCUT2D eigenvalue weighted by Gasteiger charge is -2.24. The van der Waals surface area contributed by atoms with E-state index in [1.54, 1.807) is 0 Å². The molecule has 1 rings (SSSR count). The maximum atomic E-state index is 4.00. The van der Waals surface area contributed by atoms with Crippen LogP contribution in [0.15, 0.2) is 24.5 Å². The highest BCUT2D eigenvalue weighted by Gasteiger charge is 2.05. The molecule has 0 aliphatic rings. The van der Waals surface area contributed by atoms with Crippen LogP contribution in [0.3, 0.4) is 0 Å². The van der Waals surface area contributed by atoms with Gasteiger partial charge < -0.3 is 5.32 Å². The maximum absolute atomic E-state index is 4.00. The quantitative estimate of drug-likeness (QED) is 0.713. The summed E-state index contributed by atoms with van der Waals surface area (Å²) in [6.07, 6.45) is 3.67. The van der Waals surface area contributed by atoms with Crippen molar-refractivity contribution < 1.29 is 0 Å². The van der Waals surface area contributed by atoms with Crippen molar-refractivity contribution in [1.82, 2.24) is 15.2 Å². The van der Waals surface area contributed by atoms with Crippen LogP contribution in [-0.4, -0.2) is 35.6 Å². The van der Waals surface area contributed by atoms with E-state index in [1.807, 2.05) is 24.5 Å². The van der Waals surface area contributed by atoms with E-state index in [0.29, 0.717) is 6.04 Å². The summed E-state index contributed by atoms with van der Waals surface area (Å²) in [4.78, 5) is 6.46. The van der Waals surface area contributed by atoms with Crippen molar-refractivity contribution in [2.45, 2.75) is 33.4 Å². The molecule has 0 aliphatic carbocycles. The topological polar surface area (TPSA) is 28.2 Å². The fourth-order valence-electron chi connectivity index (χ4n) is 1.74. The molecule has 3 nitrogen and oxygen atoms in total. The molecule has 0 unspecified atom stereocenters. The van der Waals surface area contributed by atoms with E-state index < -0.39 is 0 Å². The van der Waals surface area contributed by atoms with Gasteiger partial charge in [0.05, 0.1) is 0 Å². The summed E-state index contributed by atoms with van der Waals surface area (Å²) in [5.41, 5.74) is 1.29. The van der Waals surface area contributed by atoms with Crippen LogP contribution < -0.4 is 5.32 Å². The van der Waals surface area contributed by atoms with E-state index in [-0.39, 0.29) is 0 Å². The van der Waals surface area contributed by atoms with Crippen LogP contribution in [0.2, 0.25) is 0 Å². The Morgan fingerprint density at radius 2 is 2.00 bits per heavy atom. The summed E-state index contributed by atoms with van der Waals surface area (Å²) in [7, 11) is 0. The Bertz CT molecular complexity index is 272. The number of pyridine rings is 1. The second-order valence-electron chi connectivity index (χ2n) is 4.25. The van der Waals surface area contributed by atoms with E-state index in [0.717, 1.165) is 26.2 Å². The summed E-state index contributed by atoms with van der Waals surface area (Å²) >= 11 is 0. The number of rotatable bonds is 7. The zero-order chi connectivity index (χ0) is 11.8. The molecule has 0 radical (unpaired) electrons. The van der Waals surface area contributed by atoms with Gasteiger partial charge in [-0.1, -0.05) is 6.92 Å². The van der Waals surface area contributed by atoms with Crippen LogP contribution in [0.25, 0.3) is 0 Å². The van der Waals surface area contributed by atoms with Gasteiger partial charge in [0, 0.05) is 38.1 Å². The fraction of sp³-hybridized carbons (Fsp3) is 0.615. The number of nitrogens with one attached hydrogen (secondary N) is 1. The van der Waals surface area contributed by atoms with Crippen LogP contribution in [0.1, 0.15) is 26.3 Å². The highest BCUT2D eigenvalue weighted by molar-refractivity contribution is 5.08. The Labute approximate surface area is 98.9 Å². The predicted octanol–water partition coefficient (Wildman–Crippen LogP) is 1.90. The average molecular weight is 221 g/mol. The number of hydrogen-bond donors (Lipinski definition) is 1. The summed E-state index contributed by atoms with van der Waals surface area (Å²) in [6.45, 7) is 10.9. The first-order valence-corrected chi connectivity index (χ1v) is 6.07. The minimum atomic E-state index is 0.632. The van der Waals surface area contributed by atoms with Gasteiger partial charge in [-0.3, -0.25) is 9.88 Å². The molecule has 0 saturated heterocycles. The maximum Gasteiger partial charge on any atom is 0.0271 e. The standard InChI is InChI=1S/C13H23N3/c1-4-16(12(2)3)10-9-15-11-13-5-7-14-8-6-13/h5-8,12,15H,4,9-11H2,1-3H3. The molecule has 0 saturated carbocycles. The van der Waals surface area contributed by atoms with Gasteiger partial charge in [-0.05, 0) is 38.1 Å². The predicted molar refractivity (Wildman–Crippen MR) is 68.3 cm³/mol. The third-order valence-electron chi connectivity index (χ3n) is 2.79. The molecule has 1 aromatic rings.